The molecule has 0 radical (unpaired) electrons. The van der Waals surface area contributed by atoms with Gasteiger partial charge in [-0.25, -0.2) is 4.39 Å². The van der Waals surface area contributed by atoms with Crippen molar-refractivity contribution in [2.75, 3.05) is 0 Å². The fourth-order valence-electron chi connectivity index (χ4n) is 2.29. The minimum atomic E-state index is -0.575. The standard InChI is InChI=1S/C13H15ClFNO3/c1-3-13(2)11(14)7-12(13)19-10-6-8(15)4-5-9(10)16(17)18/h4-6,11-12H,3,7H2,1-2H3. The highest BCUT2D eigenvalue weighted by molar-refractivity contribution is 6.21. The predicted molar refractivity (Wildman–Crippen MR) is 70.1 cm³/mol. The van der Waals surface area contributed by atoms with Crippen LogP contribution in [0.2, 0.25) is 0 Å². The first-order valence-electron chi connectivity index (χ1n) is 6.13. The second-order valence-corrected chi connectivity index (χ2v) is 5.57. The summed E-state index contributed by atoms with van der Waals surface area (Å²) in [6.45, 7) is 3.97. The average Bonchev–Trinajstić information content (AvgIpc) is 2.37. The van der Waals surface area contributed by atoms with Crippen LogP contribution in [-0.2, 0) is 0 Å². The van der Waals surface area contributed by atoms with Crippen LogP contribution in [0, 0.1) is 21.3 Å². The van der Waals surface area contributed by atoms with Gasteiger partial charge in [-0.15, -0.1) is 11.6 Å². The molecule has 0 heterocycles. The highest BCUT2D eigenvalue weighted by Gasteiger charge is 2.51. The highest BCUT2D eigenvalue weighted by Crippen LogP contribution is 2.49. The van der Waals surface area contributed by atoms with Crippen LogP contribution in [0.15, 0.2) is 18.2 Å². The predicted octanol–water partition coefficient (Wildman–Crippen LogP) is 3.91. The van der Waals surface area contributed by atoms with E-state index in [1.165, 1.54) is 0 Å². The molecule has 6 heteroatoms. The molecule has 0 aliphatic heterocycles. The number of benzene rings is 1. The minimum absolute atomic E-state index is 0.0184. The lowest BCUT2D eigenvalue weighted by atomic mass is 9.65. The van der Waals surface area contributed by atoms with E-state index in [1.807, 2.05) is 13.8 Å². The summed E-state index contributed by atoms with van der Waals surface area (Å²) in [5.74, 6) is -0.584. The summed E-state index contributed by atoms with van der Waals surface area (Å²) in [6.07, 6.45) is 1.19. The van der Waals surface area contributed by atoms with Gasteiger partial charge < -0.3 is 4.74 Å². The number of ether oxygens (including phenoxy) is 1. The Morgan fingerprint density at radius 1 is 1.63 bits per heavy atom. The molecule has 3 unspecified atom stereocenters. The van der Waals surface area contributed by atoms with Gasteiger partial charge in [0, 0.05) is 29.3 Å². The monoisotopic (exact) mass is 287 g/mol. The van der Waals surface area contributed by atoms with Crippen LogP contribution in [0.5, 0.6) is 5.75 Å². The number of hydrogen-bond donors (Lipinski definition) is 0. The molecular weight excluding hydrogens is 273 g/mol. The van der Waals surface area contributed by atoms with E-state index in [0.29, 0.717) is 6.42 Å². The first-order valence-corrected chi connectivity index (χ1v) is 6.56. The van der Waals surface area contributed by atoms with Crippen LogP contribution in [0.3, 0.4) is 0 Å². The lowest BCUT2D eigenvalue weighted by molar-refractivity contribution is -0.386. The Balaban J connectivity index is 2.25. The maximum absolute atomic E-state index is 13.2. The van der Waals surface area contributed by atoms with E-state index in [2.05, 4.69) is 0 Å². The van der Waals surface area contributed by atoms with Gasteiger partial charge in [-0.05, 0) is 12.5 Å². The van der Waals surface area contributed by atoms with Crippen molar-refractivity contribution in [3.8, 4) is 5.75 Å². The quantitative estimate of drug-likeness (QED) is 0.479. The Labute approximate surface area is 115 Å². The average molecular weight is 288 g/mol. The second kappa shape index (κ2) is 4.96. The molecule has 1 aromatic rings. The van der Waals surface area contributed by atoms with Gasteiger partial charge in [0.05, 0.1) is 4.92 Å². The first kappa shape index (κ1) is 14.1. The molecule has 1 aliphatic carbocycles. The van der Waals surface area contributed by atoms with Crippen LogP contribution < -0.4 is 4.74 Å². The highest BCUT2D eigenvalue weighted by atomic mass is 35.5. The Bertz CT molecular complexity index is 511. The maximum atomic E-state index is 13.2. The fraction of sp³-hybridized carbons (Fsp3) is 0.538. The van der Waals surface area contributed by atoms with E-state index in [9.17, 15) is 14.5 Å². The minimum Gasteiger partial charge on any atom is -0.483 e. The molecule has 1 aliphatic rings. The number of alkyl halides is 1. The van der Waals surface area contributed by atoms with Crippen molar-refractivity contribution < 1.29 is 14.1 Å². The molecule has 1 saturated carbocycles. The Morgan fingerprint density at radius 3 is 2.84 bits per heavy atom. The molecule has 104 valence electrons. The van der Waals surface area contributed by atoms with Crippen molar-refractivity contribution in [1.29, 1.82) is 0 Å². The van der Waals surface area contributed by atoms with Gasteiger partial charge >= 0.3 is 5.69 Å². The van der Waals surface area contributed by atoms with Gasteiger partial charge in [0.25, 0.3) is 0 Å². The normalized spacial score (nSPS) is 29.7. The summed E-state index contributed by atoms with van der Waals surface area (Å²) >= 11 is 6.16. The molecule has 0 N–H and O–H groups in total. The van der Waals surface area contributed by atoms with E-state index in [-0.39, 0.29) is 28.3 Å². The van der Waals surface area contributed by atoms with Crippen molar-refractivity contribution in [3.05, 3.63) is 34.1 Å². The summed E-state index contributed by atoms with van der Waals surface area (Å²) in [5.41, 5.74) is -0.459. The van der Waals surface area contributed by atoms with Gasteiger partial charge in [0.15, 0.2) is 5.75 Å². The molecule has 0 amide bonds. The SMILES string of the molecule is CCC1(C)C(Cl)CC1Oc1cc(F)ccc1[N+](=O)[O-]. The van der Waals surface area contributed by atoms with E-state index in [4.69, 9.17) is 16.3 Å². The third-order valence-corrected chi connectivity index (χ3v) is 4.70. The van der Waals surface area contributed by atoms with E-state index in [0.717, 1.165) is 24.6 Å². The number of nitro groups is 1. The van der Waals surface area contributed by atoms with Crippen molar-refractivity contribution >= 4 is 17.3 Å². The van der Waals surface area contributed by atoms with Crippen molar-refractivity contribution in [3.63, 3.8) is 0 Å². The molecule has 2 rings (SSSR count). The molecule has 4 nitrogen and oxygen atoms in total. The third kappa shape index (κ3) is 2.39. The number of nitro benzene ring substituents is 1. The molecule has 0 bridgehead atoms. The zero-order valence-corrected chi connectivity index (χ0v) is 11.5. The lowest BCUT2D eigenvalue weighted by Gasteiger charge is -2.50. The van der Waals surface area contributed by atoms with Crippen LogP contribution in [0.1, 0.15) is 26.7 Å². The first-order chi connectivity index (χ1) is 8.88. The molecule has 19 heavy (non-hydrogen) atoms. The van der Waals surface area contributed by atoms with Crippen LogP contribution in [-0.4, -0.2) is 16.4 Å². The summed E-state index contributed by atoms with van der Waals surface area (Å²) in [7, 11) is 0. The van der Waals surface area contributed by atoms with Crippen LogP contribution in [0.25, 0.3) is 0 Å². The van der Waals surface area contributed by atoms with Crippen molar-refractivity contribution in [2.24, 2.45) is 5.41 Å². The molecule has 3 atom stereocenters. The van der Waals surface area contributed by atoms with Crippen LogP contribution >= 0.6 is 11.6 Å². The topological polar surface area (TPSA) is 52.4 Å². The lowest BCUT2D eigenvalue weighted by Crippen LogP contribution is -2.55. The summed E-state index contributed by atoms with van der Waals surface area (Å²) < 4.78 is 18.8. The number of rotatable bonds is 4. The van der Waals surface area contributed by atoms with Crippen molar-refractivity contribution in [1.82, 2.24) is 0 Å². The Kier molecular flexibility index (Phi) is 3.67. The van der Waals surface area contributed by atoms with Gasteiger partial charge in [-0.1, -0.05) is 13.8 Å². The zero-order chi connectivity index (χ0) is 14.2. The number of halogens is 2. The molecular formula is C13H15ClFNO3. The summed E-state index contributed by atoms with van der Waals surface area (Å²) in [6, 6.07) is 3.22. The molecule has 1 fully saturated rings. The molecule has 0 spiro atoms. The summed E-state index contributed by atoms with van der Waals surface area (Å²) in [4.78, 5) is 10.3. The molecule has 0 aromatic heterocycles. The van der Waals surface area contributed by atoms with E-state index < -0.39 is 10.7 Å². The molecule has 1 aromatic carbocycles. The fourth-order valence-corrected chi connectivity index (χ4v) is 2.74. The number of hydrogen-bond acceptors (Lipinski definition) is 3. The van der Waals surface area contributed by atoms with Crippen molar-refractivity contribution in [2.45, 2.75) is 38.2 Å². The zero-order valence-electron chi connectivity index (χ0n) is 10.7. The maximum Gasteiger partial charge on any atom is 0.311 e. The van der Waals surface area contributed by atoms with E-state index >= 15 is 0 Å². The molecule has 0 saturated heterocycles. The largest absolute Gasteiger partial charge is 0.483 e. The Morgan fingerprint density at radius 2 is 2.32 bits per heavy atom. The van der Waals surface area contributed by atoms with Crippen LogP contribution in [0.4, 0.5) is 10.1 Å². The van der Waals surface area contributed by atoms with Gasteiger partial charge in [0.2, 0.25) is 0 Å². The van der Waals surface area contributed by atoms with Gasteiger partial charge in [0.1, 0.15) is 11.9 Å². The smallest absolute Gasteiger partial charge is 0.311 e. The summed E-state index contributed by atoms with van der Waals surface area (Å²) in [5, 5.41) is 10.9. The number of nitrogens with zero attached hydrogens (tertiary/aromatic N) is 1. The van der Waals surface area contributed by atoms with Gasteiger partial charge in [-0.2, -0.15) is 0 Å². The Hall–Kier alpha value is -1.36. The second-order valence-electron chi connectivity index (χ2n) is 5.04. The van der Waals surface area contributed by atoms with E-state index in [1.54, 1.807) is 0 Å². The van der Waals surface area contributed by atoms with Gasteiger partial charge in [-0.3, -0.25) is 10.1 Å². The third-order valence-electron chi connectivity index (χ3n) is 4.02.